The van der Waals surface area contributed by atoms with Gasteiger partial charge in [0.05, 0.1) is 7.11 Å². The Kier molecular flexibility index (Phi) is 4.54. The first-order valence-electron chi connectivity index (χ1n) is 6.01. The van der Waals surface area contributed by atoms with Crippen LogP contribution in [0.1, 0.15) is 30.5 Å². The molecule has 0 spiro atoms. The smallest absolute Gasteiger partial charge is 0.125 e. The fourth-order valence-electron chi connectivity index (χ4n) is 2.24. The topological polar surface area (TPSA) is 41.5 Å². The van der Waals surface area contributed by atoms with E-state index in [-0.39, 0.29) is 0 Å². The number of aryl methyl sites for hydroxylation is 2. The molecule has 3 nitrogen and oxygen atoms in total. The van der Waals surface area contributed by atoms with Gasteiger partial charge >= 0.3 is 0 Å². The highest BCUT2D eigenvalue weighted by atomic mass is 16.5. The fourth-order valence-corrected chi connectivity index (χ4v) is 2.24. The number of rotatable bonds is 5. The zero-order chi connectivity index (χ0) is 13.1. The van der Waals surface area contributed by atoms with Crippen LogP contribution in [0.4, 0.5) is 0 Å². The van der Waals surface area contributed by atoms with Crippen LogP contribution in [-0.4, -0.2) is 25.3 Å². The van der Waals surface area contributed by atoms with E-state index in [0.29, 0.717) is 6.54 Å². The molecule has 0 saturated heterocycles. The Morgan fingerprint density at radius 3 is 2.53 bits per heavy atom. The van der Waals surface area contributed by atoms with Crippen molar-refractivity contribution in [3.05, 3.63) is 28.8 Å². The van der Waals surface area contributed by atoms with Crippen LogP contribution >= 0.6 is 0 Å². The molecular formula is C14H23NO2. The van der Waals surface area contributed by atoms with Gasteiger partial charge in [-0.25, -0.2) is 0 Å². The number of hydrogen-bond donors (Lipinski definition) is 2. The molecular weight excluding hydrogens is 214 g/mol. The number of aliphatic hydroxyl groups is 1. The summed E-state index contributed by atoms with van der Waals surface area (Å²) < 4.78 is 5.39. The second-order valence-corrected chi connectivity index (χ2v) is 4.71. The van der Waals surface area contributed by atoms with Gasteiger partial charge in [-0.05, 0) is 44.5 Å². The molecule has 0 aromatic heterocycles. The van der Waals surface area contributed by atoms with Gasteiger partial charge in [-0.2, -0.15) is 0 Å². The number of methoxy groups -OCH3 is 1. The third kappa shape index (κ3) is 3.20. The first kappa shape index (κ1) is 14.0. The quantitative estimate of drug-likeness (QED) is 0.824. The predicted octanol–water partition coefficient (Wildman–Crippen LogP) is 2.13. The monoisotopic (exact) mass is 237 g/mol. The van der Waals surface area contributed by atoms with Crippen molar-refractivity contribution >= 4 is 0 Å². The summed E-state index contributed by atoms with van der Waals surface area (Å²) in [7, 11) is 1.64. The van der Waals surface area contributed by atoms with Gasteiger partial charge in [0.25, 0.3) is 0 Å². The number of benzene rings is 1. The lowest BCUT2D eigenvalue weighted by atomic mass is 9.89. The fraction of sp³-hybridized carbons (Fsp3) is 0.571. The molecule has 96 valence electrons. The van der Waals surface area contributed by atoms with E-state index in [0.717, 1.165) is 29.0 Å². The van der Waals surface area contributed by atoms with Crippen LogP contribution in [0, 0.1) is 13.8 Å². The van der Waals surface area contributed by atoms with E-state index in [4.69, 9.17) is 4.74 Å². The number of nitrogens with one attached hydrogen (secondary N) is 1. The highest BCUT2D eigenvalue weighted by Gasteiger charge is 2.28. The molecule has 0 aliphatic carbocycles. The molecule has 0 radical (unpaired) electrons. The Hall–Kier alpha value is -1.06. The van der Waals surface area contributed by atoms with E-state index in [1.807, 2.05) is 33.8 Å². The summed E-state index contributed by atoms with van der Waals surface area (Å²) in [6.45, 7) is 9.22. The lowest BCUT2D eigenvalue weighted by Gasteiger charge is -2.28. The SMILES string of the molecule is CCNCC(C)(O)c1c(C)cc(C)cc1OC. The van der Waals surface area contributed by atoms with Gasteiger partial charge in [-0.3, -0.25) is 0 Å². The third-order valence-corrected chi connectivity index (χ3v) is 2.92. The van der Waals surface area contributed by atoms with E-state index in [1.54, 1.807) is 7.11 Å². The van der Waals surface area contributed by atoms with Crippen LogP contribution in [0.5, 0.6) is 5.75 Å². The van der Waals surface area contributed by atoms with Crippen molar-refractivity contribution < 1.29 is 9.84 Å². The summed E-state index contributed by atoms with van der Waals surface area (Å²) in [5.74, 6) is 0.755. The summed E-state index contributed by atoms with van der Waals surface area (Å²) in [6, 6.07) is 4.03. The van der Waals surface area contributed by atoms with Gasteiger partial charge in [0.15, 0.2) is 0 Å². The van der Waals surface area contributed by atoms with Crippen molar-refractivity contribution in [1.29, 1.82) is 0 Å². The Bertz CT molecular complexity index is 386. The van der Waals surface area contributed by atoms with Crippen LogP contribution < -0.4 is 10.1 Å². The Balaban J connectivity index is 3.19. The molecule has 3 heteroatoms. The molecule has 1 aromatic carbocycles. The largest absolute Gasteiger partial charge is 0.496 e. The molecule has 0 saturated carbocycles. The van der Waals surface area contributed by atoms with Gasteiger partial charge in [-0.15, -0.1) is 0 Å². The molecule has 0 aliphatic rings. The molecule has 0 amide bonds. The van der Waals surface area contributed by atoms with Crippen LogP contribution in [0.15, 0.2) is 12.1 Å². The molecule has 0 aliphatic heterocycles. The molecule has 0 bridgehead atoms. The molecule has 0 heterocycles. The van der Waals surface area contributed by atoms with E-state index in [9.17, 15) is 5.11 Å². The second-order valence-electron chi connectivity index (χ2n) is 4.71. The third-order valence-electron chi connectivity index (χ3n) is 2.92. The summed E-state index contributed by atoms with van der Waals surface area (Å²) in [6.07, 6.45) is 0. The van der Waals surface area contributed by atoms with Crippen LogP contribution in [-0.2, 0) is 5.60 Å². The summed E-state index contributed by atoms with van der Waals surface area (Å²) >= 11 is 0. The predicted molar refractivity (Wildman–Crippen MR) is 70.6 cm³/mol. The molecule has 1 atom stereocenters. The average Bonchev–Trinajstić information content (AvgIpc) is 2.24. The summed E-state index contributed by atoms with van der Waals surface area (Å²) in [5.41, 5.74) is 2.15. The lowest BCUT2D eigenvalue weighted by Crippen LogP contribution is -2.36. The summed E-state index contributed by atoms with van der Waals surface area (Å²) in [5, 5.41) is 13.7. The minimum absolute atomic E-state index is 0.518. The number of hydrogen-bond acceptors (Lipinski definition) is 3. The van der Waals surface area contributed by atoms with Crippen LogP contribution in [0.2, 0.25) is 0 Å². The van der Waals surface area contributed by atoms with Crippen molar-refractivity contribution in [2.45, 2.75) is 33.3 Å². The van der Waals surface area contributed by atoms with Gasteiger partial charge < -0.3 is 15.2 Å². The molecule has 1 rings (SSSR count). The van der Waals surface area contributed by atoms with Crippen molar-refractivity contribution in [1.82, 2.24) is 5.32 Å². The van der Waals surface area contributed by atoms with Crippen LogP contribution in [0.3, 0.4) is 0 Å². The minimum Gasteiger partial charge on any atom is -0.496 e. The maximum atomic E-state index is 10.6. The molecule has 2 N–H and O–H groups in total. The highest BCUT2D eigenvalue weighted by molar-refractivity contribution is 5.46. The number of ether oxygens (including phenoxy) is 1. The first-order valence-corrected chi connectivity index (χ1v) is 6.01. The lowest BCUT2D eigenvalue weighted by molar-refractivity contribution is 0.0543. The molecule has 0 fully saturated rings. The van der Waals surface area contributed by atoms with E-state index in [2.05, 4.69) is 11.4 Å². The average molecular weight is 237 g/mol. The van der Waals surface area contributed by atoms with Crippen molar-refractivity contribution in [2.24, 2.45) is 0 Å². The van der Waals surface area contributed by atoms with Gasteiger partial charge in [-0.1, -0.05) is 13.0 Å². The van der Waals surface area contributed by atoms with Gasteiger partial charge in [0.1, 0.15) is 11.4 Å². The Morgan fingerprint density at radius 1 is 1.35 bits per heavy atom. The Morgan fingerprint density at radius 2 is 2.00 bits per heavy atom. The zero-order valence-electron chi connectivity index (χ0n) is 11.4. The summed E-state index contributed by atoms with van der Waals surface area (Å²) in [4.78, 5) is 0. The zero-order valence-corrected chi connectivity index (χ0v) is 11.4. The molecule has 17 heavy (non-hydrogen) atoms. The van der Waals surface area contributed by atoms with Crippen molar-refractivity contribution in [3.63, 3.8) is 0 Å². The maximum Gasteiger partial charge on any atom is 0.125 e. The normalized spacial score (nSPS) is 14.5. The Labute approximate surface area is 104 Å². The van der Waals surface area contributed by atoms with E-state index < -0.39 is 5.60 Å². The second kappa shape index (κ2) is 5.52. The van der Waals surface area contributed by atoms with Crippen LogP contribution in [0.25, 0.3) is 0 Å². The highest BCUT2D eigenvalue weighted by Crippen LogP contribution is 2.33. The van der Waals surface area contributed by atoms with E-state index >= 15 is 0 Å². The maximum absolute atomic E-state index is 10.6. The standard InChI is InChI=1S/C14H23NO2/c1-6-15-9-14(4,16)13-11(3)7-10(2)8-12(13)17-5/h7-8,15-16H,6,9H2,1-5H3. The first-order chi connectivity index (χ1) is 7.92. The van der Waals surface area contributed by atoms with Crippen molar-refractivity contribution in [2.75, 3.05) is 20.2 Å². The van der Waals surface area contributed by atoms with Gasteiger partial charge in [0.2, 0.25) is 0 Å². The van der Waals surface area contributed by atoms with Crippen molar-refractivity contribution in [3.8, 4) is 5.75 Å². The van der Waals surface area contributed by atoms with Gasteiger partial charge in [0, 0.05) is 12.1 Å². The molecule has 1 aromatic rings. The number of likely N-dealkylation sites (N-methyl/N-ethyl adjacent to an activating group) is 1. The van der Waals surface area contributed by atoms with E-state index in [1.165, 1.54) is 0 Å². The minimum atomic E-state index is -0.918. The molecule has 1 unspecified atom stereocenters.